The van der Waals surface area contributed by atoms with Gasteiger partial charge in [-0.05, 0) is 6.42 Å². The van der Waals surface area contributed by atoms with E-state index >= 15 is 0 Å². The normalized spacial score (nSPS) is 19.2. The quantitative estimate of drug-likeness (QED) is 0.511. The van der Waals surface area contributed by atoms with Gasteiger partial charge in [0.15, 0.2) is 0 Å². The van der Waals surface area contributed by atoms with Gasteiger partial charge in [0.2, 0.25) is 0 Å². The van der Waals surface area contributed by atoms with Crippen molar-refractivity contribution in [2.24, 2.45) is 5.84 Å². The molecule has 1 saturated heterocycles. The molecule has 1 aromatic heterocycles. The SMILES string of the molecule is CCCc1nc(NN)cc(NCC2COCCO2)n1. The van der Waals surface area contributed by atoms with Gasteiger partial charge in [0, 0.05) is 19.0 Å². The fourth-order valence-electron chi connectivity index (χ4n) is 1.87. The van der Waals surface area contributed by atoms with Crippen LogP contribution < -0.4 is 16.6 Å². The van der Waals surface area contributed by atoms with E-state index < -0.39 is 0 Å². The van der Waals surface area contributed by atoms with Crippen LogP contribution in [-0.2, 0) is 15.9 Å². The third-order valence-corrected chi connectivity index (χ3v) is 2.79. The van der Waals surface area contributed by atoms with E-state index in [2.05, 4.69) is 27.6 Å². The van der Waals surface area contributed by atoms with Crippen LogP contribution in [0.25, 0.3) is 0 Å². The largest absolute Gasteiger partial charge is 0.376 e. The summed E-state index contributed by atoms with van der Waals surface area (Å²) >= 11 is 0. The van der Waals surface area contributed by atoms with Crippen molar-refractivity contribution in [1.82, 2.24) is 9.97 Å². The highest BCUT2D eigenvalue weighted by Crippen LogP contribution is 2.12. The first-order chi connectivity index (χ1) is 9.31. The lowest BCUT2D eigenvalue weighted by Gasteiger charge is -2.23. The monoisotopic (exact) mass is 267 g/mol. The molecule has 1 aromatic rings. The summed E-state index contributed by atoms with van der Waals surface area (Å²) in [7, 11) is 0. The molecule has 1 atom stereocenters. The van der Waals surface area contributed by atoms with E-state index in [1.165, 1.54) is 0 Å². The van der Waals surface area contributed by atoms with Gasteiger partial charge >= 0.3 is 0 Å². The number of hydrogen-bond acceptors (Lipinski definition) is 7. The predicted octanol–water partition coefficient (Wildman–Crippen LogP) is 0.542. The van der Waals surface area contributed by atoms with Crippen molar-refractivity contribution in [1.29, 1.82) is 0 Å². The minimum Gasteiger partial charge on any atom is -0.376 e. The number of aryl methyl sites for hydroxylation is 1. The molecule has 2 rings (SSSR count). The lowest BCUT2D eigenvalue weighted by atomic mass is 10.3. The van der Waals surface area contributed by atoms with Crippen LogP contribution in [0.5, 0.6) is 0 Å². The number of nitrogen functional groups attached to an aromatic ring is 1. The maximum Gasteiger partial charge on any atom is 0.145 e. The summed E-state index contributed by atoms with van der Waals surface area (Å²) < 4.78 is 10.9. The molecule has 0 radical (unpaired) electrons. The molecule has 0 amide bonds. The maximum atomic E-state index is 5.56. The molecule has 0 bridgehead atoms. The number of rotatable bonds is 6. The predicted molar refractivity (Wildman–Crippen MR) is 72.9 cm³/mol. The van der Waals surface area contributed by atoms with Gasteiger partial charge in [-0.15, -0.1) is 0 Å². The fraction of sp³-hybridized carbons (Fsp3) is 0.667. The first-order valence-electron chi connectivity index (χ1n) is 6.59. The molecule has 0 spiro atoms. The van der Waals surface area contributed by atoms with E-state index in [1.54, 1.807) is 6.07 Å². The molecular formula is C12H21N5O2. The summed E-state index contributed by atoms with van der Waals surface area (Å²) in [5, 5.41) is 3.24. The van der Waals surface area contributed by atoms with Crippen LogP contribution in [0.4, 0.5) is 11.6 Å². The summed E-state index contributed by atoms with van der Waals surface area (Å²) in [5.41, 5.74) is 2.56. The molecule has 1 unspecified atom stereocenters. The average molecular weight is 267 g/mol. The Hall–Kier alpha value is -1.44. The van der Waals surface area contributed by atoms with Crippen LogP contribution >= 0.6 is 0 Å². The average Bonchev–Trinajstić information content (AvgIpc) is 2.46. The second-order valence-electron chi connectivity index (χ2n) is 4.40. The summed E-state index contributed by atoms with van der Waals surface area (Å²) in [4.78, 5) is 8.73. The Morgan fingerprint density at radius 2 is 2.21 bits per heavy atom. The Bertz CT molecular complexity index is 396. The van der Waals surface area contributed by atoms with E-state index in [0.29, 0.717) is 32.2 Å². The van der Waals surface area contributed by atoms with Crippen molar-refractivity contribution in [2.45, 2.75) is 25.9 Å². The smallest absolute Gasteiger partial charge is 0.145 e. The van der Waals surface area contributed by atoms with E-state index in [4.69, 9.17) is 15.3 Å². The molecule has 1 fully saturated rings. The molecule has 2 heterocycles. The van der Waals surface area contributed by atoms with Crippen LogP contribution in [-0.4, -0.2) is 42.4 Å². The van der Waals surface area contributed by atoms with E-state index in [0.717, 1.165) is 24.5 Å². The Balaban J connectivity index is 1.95. The number of nitrogens with two attached hydrogens (primary N) is 1. The standard InChI is InChI=1S/C12H21N5O2/c1-2-3-10-15-11(6-12(16-10)17-13)14-7-9-8-18-4-5-19-9/h6,9H,2-5,7-8,13H2,1H3,(H2,14,15,16,17). The van der Waals surface area contributed by atoms with Gasteiger partial charge in [0.1, 0.15) is 17.5 Å². The van der Waals surface area contributed by atoms with Gasteiger partial charge < -0.3 is 20.2 Å². The zero-order valence-corrected chi connectivity index (χ0v) is 11.2. The Labute approximate surface area is 112 Å². The van der Waals surface area contributed by atoms with Crippen molar-refractivity contribution in [3.05, 3.63) is 11.9 Å². The highest BCUT2D eigenvalue weighted by atomic mass is 16.6. The fourth-order valence-corrected chi connectivity index (χ4v) is 1.87. The van der Waals surface area contributed by atoms with Crippen molar-refractivity contribution in [3.8, 4) is 0 Å². The summed E-state index contributed by atoms with van der Waals surface area (Å²) in [5.74, 6) is 7.55. The molecule has 0 aromatic carbocycles. The molecule has 1 aliphatic heterocycles. The zero-order valence-electron chi connectivity index (χ0n) is 11.2. The maximum absolute atomic E-state index is 5.56. The number of hydrazine groups is 1. The Morgan fingerprint density at radius 1 is 1.37 bits per heavy atom. The Kier molecular flexibility index (Phi) is 5.31. The van der Waals surface area contributed by atoms with Crippen molar-refractivity contribution in [3.63, 3.8) is 0 Å². The second-order valence-corrected chi connectivity index (χ2v) is 4.40. The molecule has 7 nitrogen and oxygen atoms in total. The van der Waals surface area contributed by atoms with Gasteiger partial charge in [0.25, 0.3) is 0 Å². The summed E-state index contributed by atoms with van der Waals surface area (Å²) in [6.45, 7) is 4.68. The lowest BCUT2D eigenvalue weighted by molar-refractivity contribution is -0.0819. The minimum absolute atomic E-state index is 0.0626. The number of nitrogens with zero attached hydrogens (tertiary/aromatic N) is 2. The summed E-state index contributed by atoms with van der Waals surface area (Å²) in [6, 6.07) is 1.78. The van der Waals surface area contributed by atoms with Gasteiger partial charge in [-0.25, -0.2) is 15.8 Å². The molecular weight excluding hydrogens is 246 g/mol. The van der Waals surface area contributed by atoms with Gasteiger partial charge in [-0.1, -0.05) is 6.92 Å². The van der Waals surface area contributed by atoms with Crippen LogP contribution in [0.15, 0.2) is 6.07 Å². The molecule has 19 heavy (non-hydrogen) atoms. The molecule has 1 aliphatic rings. The lowest BCUT2D eigenvalue weighted by Crippen LogP contribution is -2.34. The van der Waals surface area contributed by atoms with Crippen molar-refractivity contribution < 1.29 is 9.47 Å². The van der Waals surface area contributed by atoms with Crippen LogP contribution in [0, 0.1) is 0 Å². The second kappa shape index (κ2) is 7.22. The zero-order chi connectivity index (χ0) is 13.5. The molecule has 7 heteroatoms. The van der Waals surface area contributed by atoms with E-state index in [1.807, 2.05) is 0 Å². The number of hydrogen-bond donors (Lipinski definition) is 3. The van der Waals surface area contributed by atoms with Crippen LogP contribution in [0.1, 0.15) is 19.2 Å². The van der Waals surface area contributed by atoms with E-state index in [9.17, 15) is 0 Å². The third-order valence-electron chi connectivity index (χ3n) is 2.79. The van der Waals surface area contributed by atoms with Gasteiger partial charge in [-0.3, -0.25) is 0 Å². The molecule has 4 N–H and O–H groups in total. The number of anilines is 2. The summed E-state index contributed by atoms with van der Waals surface area (Å²) in [6.07, 6.45) is 1.88. The molecule has 0 aliphatic carbocycles. The number of aromatic nitrogens is 2. The number of nitrogens with one attached hydrogen (secondary N) is 2. The number of ether oxygens (including phenoxy) is 2. The van der Waals surface area contributed by atoms with Gasteiger partial charge in [-0.2, -0.15) is 0 Å². The first-order valence-corrected chi connectivity index (χ1v) is 6.59. The third kappa shape index (κ3) is 4.30. The van der Waals surface area contributed by atoms with Crippen LogP contribution in [0.3, 0.4) is 0 Å². The highest BCUT2D eigenvalue weighted by molar-refractivity contribution is 5.46. The van der Waals surface area contributed by atoms with Gasteiger partial charge in [0.05, 0.1) is 25.9 Å². The molecule has 0 saturated carbocycles. The minimum atomic E-state index is 0.0626. The first kappa shape index (κ1) is 14.0. The van der Waals surface area contributed by atoms with Crippen molar-refractivity contribution in [2.75, 3.05) is 37.1 Å². The Morgan fingerprint density at radius 3 is 2.89 bits per heavy atom. The highest BCUT2D eigenvalue weighted by Gasteiger charge is 2.14. The van der Waals surface area contributed by atoms with Crippen LogP contribution in [0.2, 0.25) is 0 Å². The molecule has 106 valence electrons. The van der Waals surface area contributed by atoms with Crippen molar-refractivity contribution >= 4 is 11.6 Å². The van der Waals surface area contributed by atoms with E-state index in [-0.39, 0.29) is 6.10 Å². The topological polar surface area (TPSA) is 94.3 Å².